The largest absolute Gasteiger partial charge is 0.357 e. The molecule has 6 heteroatoms. The fourth-order valence-electron chi connectivity index (χ4n) is 2.03. The summed E-state index contributed by atoms with van der Waals surface area (Å²) < 4.78 is 23.0. The first-order valence-electron chi connectivity index (χ1n) is 7.81. The normalized spacial score (nSPS) is 12.2. The second-order valence-electron chi connectivity index (χ2n) is 4.98. The van der Waals surface area contributed by atoms with Crippen LogP contribution >= 0.6 is 0 Å². The van der Waals surface area contributed by atoms with Crippen molar-refractivity contribution in [1.82, 2.24) is 10.6 Å². The topological polar surface area (TPSA) is 70.6 Å². The zero-order valence-electron chi connectivity index (χ0n) is 13.7. The van der Waals surface area contributed by atoms with Gasteiger partial charge in [0.1, 0.15) is 0 Å². The minimum Gasteiger partial charge on any atom is -0.357 e. The number of hydrogen-bond acceptors (Lipinski definition) is 3. The minimum absolute atomic E-state index is 0.124. The Bertz CT molecular complexity index is 583. The highest BCUT2D eigenvalue weighted by molar-refractivity contribution is 7.91. The zero-order chi connectivity index (χ0) is 16.4. The van der Waals surface area contributed by atoms with Crippen LogP contribution in [0.25, 0.3) is 0 Å². The zero-order valence-corrected chi connectivity index (χ0v) is 14.5. The van der Waals surface area contributed by atoms with Gasteiger partial charge in [0.15, 0.2) is 15.8 Å². The number of aryl methyl sites for hydroxylation is 1. The molecular formula is C16H27N3O2S. The third-order valence-corrected chi connectivity index (χ3v) is 5.10. The molecule has 5 nitrogen and oxygen atoms in total. The van der Waals surface area contributed by atoms with Crippen molar-refractivity contribution in [2.45, 2.75) is 33.7 Å². The molecule has 0 amide bonds. The van der Waals surface area contributed by atoms with E-state index in [1.807, 2.05) is 19.1 Å². The van der Waals surface area contributed by atoms with Gasteiger partial charge in [-0.25, -0.2) is 13.4 Å². The highest BCUT2D eigenvalue weighted by atomic mass is 32.2. The van der Waals surface area contributed by atoms with Crippen molar-refractivity contribution in [1.29, 1.82) is 0 Å². The van der Waals surface area contributed by atoms with Crippen molar-refractivity contribution in [3.05, 3.63) is 35.4 Å². The van der Waals surface area contributed by atoms with Crippen molar-refractivity contribution in [3.63, 3.8) is 0 Å². The lowest BCUT2D eigenvalue weighted by Gasteiger charge is -2.12. The van der Waals surface area contributed by atoms with E-state index in [2.05, 4.69) is 34.7 Å². The average Bonchev–Trinajstić information content (AvgIpc) is 2.52. The van der Waals surface area contributed by atoms with E-state index in [0.29, 0.717) is 19.0 Å². The van der Waals surface area contributed by atoms with Gasteiger partial charge in [0.2, 0.25) is 0 Å². The Morgan fingerprint density at radius 1 is 1.09 bits per heavy atom. The molecule has 0 bridgehead atoms. The summed E-state index contributed by atoms with van der Waals surface area (Å²) >= 11 is 0. The van der Waals surface area contributed by atoms with Gasteiger partial charge in [-0.3, -0.25) is 0 Å². The third kappa shape index (κ3) is 6.47. The predicted molar refractivity (Wildman–Crippen MR) is 93.0 cm³/mol. The predicted octanol–water partition coefficient (Wildman–Crippen LogP) is 1.74. The van der Waals surface area contributed by atoms with Crippen LogP contribution in [0.5, 0.6) is 0 Å². The molecule has 1 rings (SSSR count). The number of guanidine groups is 1. The first kappa shape index (κ1) is 18.5. The van der Waals surface area contributed by atoms with E-state index in [1.54, 1.807) is 6.92 Å². The lowest BCUT2D eigenvalue weighted by Crippen LogP contribution is -2.39. The fourth-order valence-corrected chi connectivity index (χ4v) is 2.73. The number of hydrogen-bond donors (Lipinski definition) is 2. The molecule has 1 aromatic rings. The highest BCUT2D eigenvalue weighted by Gasteiger charge is 2.07. The van der Waals surface area contributed by atoms with Gasteiger partial charge in [0.05, 0.1) is 12.3 Å². The first-order chi connectivity index (χ1) is 10.5. The summed E-state index contributed by atoms with van der Waals surface area (Å²) in [5.74, 6) is 0.950. The first-order valence-corrected chi connectivity index (χ1v) is 9.63. The maximum atomic E-state index is 11.5. The van der Waals surface area contributed by atoms with Crippen LogP contribution in [0.3, 0.4) is 0 Å². The van der Waals surface area contributed by atoms with E-state index in [9.17, 15) is 8.42 Å². The standard InChI is InChI=1S/C16H27N3O2S/c1-4-14-9-7-8-10-15(14)13-19-16(17-5-2)18-11-12-22(20,21)6-3/h7-10H,4-6,11-13H2,1-3H3,(H2,17,18,19). The molecule has 0 radical (unpaired) electrons. The molecule has 0 spiro atoms. The monoisotopic (exact) mass is 325 g/mol. The van der Waals surface area contributed by atoms with Crippen LogP contribution in [0.1, 0.15) is 31.9 Å². The van der Waals surface area contributed by atoms with E-state index in [0.717, 1.165) is 13.0 Å². The maximum absolute atomic E-state index is 11.5. The lowest BCUT2D eigenvalue weighted by molar-refractivity contribution is 0.595. The van der Waals surface area contributed by atoms with Gasteiger partial charge >= 0.3 is 0 Å². The van der Waals surface area contributed by atoms with Crippen molar-refractivity contribution < 1.29 is 8.42 Å². The Hall–Kier alpha value is -1.56. The Labute approximate surface area is 134 Å². The molecule has 0 saturated carbocycles. The van der Waals surface area contributed by atoms with Crippen LogP contribution in [0.4, 0.5) is 0 Å². The van der Waals surface area contributed by atoms with Crippen LogP contribution in [0.15, 0.2) is 29.3 Å². The van der Waals surface area contributed by atoms with Gasteiger partial charge in [0, 0.05) is 18.8 Å². The number of sulfone groups is 1. The van der Waals surface area contributed by atoms with Crippen LogP contribution < -0.4 is 10.6 Å². The van der Waals surface area contributed by atoms with Gasteiger partial charge in [0.25, 0.3) is 0 Å². The van der Waals surface area contributed by atoms with Gasteiger partial charge in [-0.1, -0.05) is 38.1 Å². The molecule has 0 aliphatic rings. The van der Waals surface area contributed by atoms with E-state index in [4.69, 9.17) is 0 Å². The summed E-state index contributed by atoms with van der Waals surface area (Å²) in [6.07, 6.45) is 0.977. The number of aliphatic imine (C=N–C) groups is 1. The molecule has 0 aliphatic carbocycles. The molecule has 1 aromatic carbocycles. The molecule has 2 N–H and O–H groups in total. The molecular weight excluding hydrogens is 298 g/mol. The Morgan fingerprint density at radius 2 is 1.77 bits per heavy atom. The molecule has 0 fully saturated rings. The van der Waals surface area contributed by atoms with E-state index >= 15 is 0 Å². The Morgan fingerprint density at radius 3 is 2.36 bits per heavy atom. The highest BCUT2D eigenvalue weighted by Crippen LogP contribution is 2.10. The van der Waals surface area contributed by atoms with E-state index in [-0.39, 0.29) is 11.5 Å². The summed E-state index contributed by atoms with van der Waals surface area (Å²) in [6, 6.07) is 8.23. The second-order valence-corrected chi connectivity index (χ2v) is 7.45. The lowest BCUT2D eigenvalue weighted by atomic mass is 10.1. The third-order valence-electron chi connectivity index (χ3n) is 3.40. The van der Waals surface area contributed by atoms with Crippen molar-refractivity contribution >= 4 is 15.8 Å². The van der Waals surface area contributed by atoms with Crippen LogP contribution in [0, 0.1) is 0 Å². The minimum atomic E-state index is -2.95. The van der Waals surface area contributed by atoms with Crippen LogP contribution in [-0.2, 0) is 22.8 Å². The molecule has 124 valence electrons. The SMILES string of the molecule is CCNC(=NCc1ccccc1CC)NCCS(=O)(=O)CC. The molecule has 0 unspecified atom stereocenters. The summed E-state index contributed by atoms with van der Waals surface area (Å²) in [4.78, 5) is 4.54. The number of rotatable bonds is 8. The van der Waals surface area contributed by atoms with Crippen LogP contribution in [-0.4, -0.2) is 39.0 Å². The van der Waals surface area contributed by atoms with Crippen molar-refractivity contribution in [2.24, 2.45) is 4.99 Å². The maximum Gasteiger partial charge on any atom is 0.191 e. The molecule has 0 saturated heterocycles. The molecule has 0 aliphatic heterocycles. The average molecular weight is 325 g/mol. The van der Waals surface area contributed by atoms with Crippen molar-refractivity contribution in [2.75, 3.05) is 24.6 Å². The van der Waals surface area contributed by atoms with Crippen molar-refractivity contribution in [3.8, 4) is 0 Å². The van der Waals surface area contributed by atoms with Gasteiger partial charge in [-0.05, 0) is 24.5 Å². The molecule has 0 atom stereocenters. The summed E-state index contributed by atoms with van der Waals surface area (Å²) in [5, 5.41) is 6.22. The van der Waals surface area contributed by atoms with Gasteiger partial charge in [-0.2, -0.15) is 0 Å². The second kappa shape index (κ2) is 9.46. The number of benzene rings is 1. The number of nitrogens with one attached hydrogen (secondary N) is 2. The van der Waals surface area contributed by atoms with Gasteiger partial charge in [-0.15, -0.1) is 0 Å². The van der Waals surface area contributed by atoms with E-state index < -0.39 is 9.84 Å². The summed E-state index contributed by atoms with van der Waals surface area (Å²) in [7, 11) is -2.95. The summed E-state index contributed by atoms with van der Waals surface area (Å²) in [5.41, 5.74) is 2.49. The number of nitrogens with zero attached hydrogens (tertiary/aromatic N) is 1. The quantitative estimate of drug-likeness (QED) is 0.564. The Kier molecular flexibility index (Phi) is 7.95. The molecule has 22 heavy (non-hydrogen) atoms. The van der Waals surface area contributed by atoms with E-state index in [1.165, 1.54) is 11.1 Å². The molecule has 0 aromatic heterocycles. The van der Waals surface area contributed by atoms with Gasteiger partial charge < -0.3 is 10.6 Å². The fraction of sp³-hybridized carbons (Fsp3) is 0.562. The molecule has 0 heterocycles. The Balaban J connectivity index is 2.65. The summed E-state index contributed by atoms with van der Waals surface area (Å²) in [6.45, 7) is 7.47. The van der Waals surface area contributed by atoms with Crippen LogP contribution in [0.2, 0.25) is 0 Å². The smallest absolute Gasteiger partial charge is 0.191 e.